The lowest BCUT2D eigenvalue weighted by molar-refractivity contribution is 0.117. The molecule has 1 saturated carbocycles. The molecule has 0 bridgehead atoms. The van der Waals surface area contributed by atoms with Crippen LogP contribution in [0.1, 0.15) is 37.7 Å². The first-order valence-corrected chi connectivity index (χ1v) is 8.10. The zero-order valence-electron chi connectivity index (χ0n) is 12.6. The van der Waals surface area contributed by atoms with E-state index in [2.05, 4.69) is 17.0 Å². The predicted octanol–water partition coefficient (Wildman–Crippen LogP) is 2.58. The third-order valence-corrected chi connectivity index (χ3v) is 4.47. The van der Waals surface area contributed by atoms with Crippen LogP contribution in [0.15, 0.2) is 18.2 Å². The summed E-state index contributed by atoms with van der Waals surface area (Å²) in [4.78, 5) is 2.42. The Kier molecular flexibility index (Phi) is 4.99. The van der Waals surface area contributed by atoms with Gasteiger partial charge in [-0.25, -0.2) is 0 Å². The van der Waals surface area contributed by atoms with Gasteiger partial charge >= 0.3 is 0 Å². The largest absolute Gasteiger partial charge is 0.486 e. The maximum Gasteiger partial charge on any atom is 0.161 e. The highest BCUT2D eigenvalue weighted by atomic mass is 16.6. The fourth-order valence-corrected chi connectivity index (χ4v) is 3.39. The Bertz CT molecular complexity index is 457. The molecule has 0 radical (unpaired) electrons. The fourth-order valence-electron chi connectivity index (χ4n) is 3.39. The quantitative estimate of drug-likeness (QED) is 0.905. The summed E-state index contributed by atoms with van der Waals surface area (Å²) >= 11 is 0. The van der Waals surface area contributed by atoms with E-state index in [0.29, 0.717) is 19.3 Å². The molecule has 1 N–H and O–H groups in total. The number of fused-ring (bicyclic) bond motifs is 1. The smallest absolute Gasteiger partial charge is 0.161 e. The molecule has 3 rings (SSSR count). The number of nitrogens with zero attached hydrogens (tertiary/aromatic N) is 1. The Morgan fingerprint density at radius 1 is 1.05 bits per heavy atom. The molecule has 2 aliphatic rings. The highest BCUT2D eigenvalue weighted by Crippen LogP contribution is 2.32. The third kappa shape index (κ3) is 3.69. The predicted molar refractivity (Wildman–Crippen MR) is 81.8 cm³/mol. The van der Waals surface area contributed by atoms with E-state index in [0.717, 1.165) is 24.6 Å². The summed E-state index contributed by atoms with van der Waals surface area (Å²) in [5.41, 5.74) is 1.23. The zero-order chi connectivity index (χ0) is 14.5. The van der Waals surface area contributed by atoms with E-state index in [9.17, 15) is 5.11 Å². The molecular weight excluding hydrogens is 266 g/mol. The third-order valence-electron chi connectivity index (χ3n) is 4.47. The Morgan fingerprint density at radius 3 is 2.57 bits per heavy atom. The van der Waals surface area contributed by atoms with Gasteiger partial charge in [0.2, 0.25) is 0 Å². The summed E-state index contributed by atoms with van der Waals surface area (Å²) in [6.07, 6.45) is 6.49. The van der Waals surface area contributed by atoms with Gasteiger partial charge in [-0.15, -0.1) is 0 Å². The molecule has 1 aromatic carbocycles. The van der Waals surface area contributed by atoms with Crippen molar-refractivity contribution >= 4 is 0 Å². The molecule has 1 aliphatic carbocycles. The van der Waals surface area contributed by atoms with E-state index >= 15 is 0 Å². The summed E-state index contributed by atoms with van der Waals surface area (Å²) < 4.78 is 11.2. The van der Waals surface area contributed by atoms with Crippen LogP contribution in [0.25, 0.3) is 0 Å². The molecule has 0 unspecified atom stereocenters. The molecule has 1 fully saturated rings. The number of ether oxygens (including phenoxy) is 2. The van der Waals surface area contributed by atoms with Gasteiger partial charge in [0.05, 0.1) is 6.61 Å². The van der Waals surface area contributed by atoms with Gasteiger partial charge in [-0.2, -0.15) is 0 Å². The molecule has 4 heteroatoms. The molecule has 0 amide bonds. The molecule has 0 atom stereocenters. The van der Waals surface area contributed by atoms with Crippen molar-refractivity contribution in [3.05, 3.63) is 23.8 Å². The van der Waals surface area contributed by atoms with E-state index < -0.39 is 0 Å². The van der Waals surface area contributed by atoms with Crippen molar-refractivity contribution < 1.29 is 14.6 Å². The van der Waals surface area contributed by atoms with Crippen LogP contribution in [0.3, 0.4) is 0 Å². The van der Waals surface area contributed by atoms with Crippen LogP contribution in [0.4, 0.5) is 0 Å². The molecule has 1 aromatic rings. The Morgan fingerprint density at radius 2 is 1.81 bits per heavy atom. The van der Waals surface area contributed by atoms with Gasteiger partial charge in [0, 0.05) is 19.1 Å². The molecule has 116 valence electrons. The van der Waals surface area contributed by atoms with Crippen molar-refractivity contribution in [1.82, 2.24) is 4.90 Å². The number of aliphatic hydroxyl groups is 1. The van der Waals surface area contributed by atoms with Gasteiger partial charge < -0.3 is 14.6 Å². The summed E-state index contributed by atoms with van der Waals surface area (Å²) in [6, 6.07) is 6.81. The van der Waals surface area contributed by atoms with Gasteiger partial charge in [0.25, 0.3) is 0 Å². The number of hydrogen-bond donors (Lipinski definition) is 1. The molecule has 21 heavy (non-hydrogen) atoms. The van der Waals surface area contributed by atoms with Crippen molar-refractivity contribution in [2.24, 2.45) is 0 Å². The van der Waals surface area contributed by atoms with Gasteiger partial charge in [0.15, 0.2) is 11.5 Å². The van der Waals surface area contributed by atoms with Gasteiger partial charge in [0.1, 0.15) is 13.2 Å². The SMILES string of the molecule is OCCN(Cc1ccc2c(c1)OCCO2)C1CCCCC1. The van der Waals surface area contributed by atoms with E-state index in [4.69, 9.17) is 9.47 Å². The maximum absolute atomic E-state index is 9.35. The second kappa shape index (κ2) is 7.14. The zero-order valence-corrected chi connectivity index (χ0v) is 12.6. The van der Waals surface area contributed by atoms with Crippen LogP contribution in [0.2, 0.25) is 0 Å². The maximum atomic E-state index is 9.35. The molecule has 1 aliphatic heterocycles. The highest BCUT2D eigenvalue weighted by Gasteiger charge is 2.21. The lowest BCUT2D eigenvalue weighted by atomic mass is 9.94. The minimum atomic E-state index is 0.223. The minimum absolute atomic E-state index is 0.223. The number of aliphatic hydroxyl groups excluding tert-OH is 1. The number of hydrogen-bond acceptors (Lipinski definition) is 4. The van der Waals surface area contributed by atoms with E-state index in [1.54, 1.807) is 0 Å². The van der Waals surface area contributed by atoms with Crippen LogP contribution in [0, 0.1) is 0 Å². The fraction of sp³-hybridized carbons (Fsp3) is 0.647. The molecular formula is C17H25NO3. The molecule has 0 saturated heterocycles. The molecule has 0 spiro atoms. The van der Waals surface area contributed by atoms with E-state index in [1.807, 2.05) is 6.07 Å². The van der Waals surface area contributed by atoms with Crippen LogP contribution in [0.5, 0.6) is 11.5 Å². The van der Waals surface area contributed by atoms with Crippen molar-refractivity contribution in [2.45, 2.75) is 44.7 Å². The highest BCUT2D eigenvalue weighted by molar-refractivity contribution is 5.43. The van der Waals surface area contributed by atoms with Crippen LogP contribution in [-0.4, -0.2) is 42.4 Å². The van der Waals surface area contributed by atoms with Gasteiger partial charge in [-0.1, -0.05) is 25.3 Å². The number of benzene rings is 1. The molecule has 0 aromatic heterocycles. The molecule has 4 nitrogen and oxygen atoms in total. The number of rotatable bonds is 5. The Labute approximate surface area is 126 Å². The topological polar surface area (TPSA) is 41.9 Å². The average Bonchev–Trinajstić information content (AvgIpc) is 2.55. The van der Waals surface area contributed by atoms with Crippen molar-refractivity contribution in [1.29, 1.82) is 0 Å². The summed E-state index contributed by atoms with van der Waals surface area (Å²) in [7, 11) is 0. The second-order valence-electron chi connectivity index (χ2n) is 5.96. The normalized spacial score (nSPS) is 19.0. The first kappa shape index (κ1) is 14.7. The van der Waals surface area contributed by atoms with E-state index in [-0.39, 0.29) is 6.61 Å². The van der Waals surface area contributed by atoms with Crippen LogP contribution in [-0.2, 0) is 6.54 Å². The lowest BCUT2D eigenvalue weighted by Gasteiger charge is -2.34. The monoisotopic (exact) mass is 291 g/mol. The Balaban J connectivity index is 1.69. The van der Waals surface area contributed by atoms with E-state index in [1.165, 1.54) is 37.7 Å². The minimum Gasteiger partial charge on any atom is -0.486 e. The van der Waals surface area contributed by atoms with Gasteiger partial charge in [-0.3, -0.25) is 4.90 Å². The summed E-state index contributed by atoms with van der Waals surface area (Å²) in [5, 5.41) is 9.35. The van der Waals surface area contributed by atoms with Crippen molar-refractivity contribution in [3.8, 4) is 11.5 Å². The Hall–Kier alpha value is -1.26. The first-order valence-electron chi connectivity index (χ1n) is 8.10. The second-order valence-corrected chi connectivity index (χ2v) is 5.96. The van der Waals surface area contributed by atoms with Crippen molar-refractivity contribution in [2.75, 3.05) is 26.4 Å². The molecule has 1 heterocycles. The van der Waals surface area contributed by atoms with Crippen LogP contribution < -0.4 is 9.47 Å². The summed E-state index contributed by atoms with van der Waals surface area (Å²) in [6.45, 7) is 3.10. The first-order chi connectivity index (χ1) is 10.4. The standard InChI is InChI=1S/C17H25NO3/c19-9-8-18(15-4-2-1-3-5-15)13-14-6-7-16-17(12-14)21-11-10-20-16/h6-7,12,15,19H,1-5,8-11,13H2. The van der Waals surface area contributed by atoms with Crippen molar-refractivity contribution in [3.63, 3.8) is 0 Å². The van der Waals surface area contributed by atoms with Crippen LogP contribution >= 0.6 is 0 Å². The van der Waals surface area contributed by atoms with Gasteiger partial charge in [-0.05, 0) is 30.5 Å². The lowest BCUT2D eigenvalue weighted by Crippen LogP contribution is -2.38. The average molecular weight is 291 g/mol. The summed E-state index contributed by atoms with van der Waals surface area (Å²) in [5.74, 6) is 1.70.